The summed E-state index contributed by atoms with van der Waals surface area (Å²) in [6, 6.07) is 11.6. The predicted molar refractivity (Wildman–Crippen MR) is 82.3 cm³/mol. The Kier molecular flexibility index (Phi) is 5.87. The highest BCUT2D eigenvalue weighted by Gasteiger charge is 2.23. The Morgan fingerprint density at radius 2 is 2.00 bits per heavy atom. The quantitative estimate of drug-likeness (QED) is 0.773. The van der Waals surface area contributed by atoms with E-state index in [0.29, 0.717) is 0 Å². The first-order valence-corrected chi connectivity index (χ1v) is 7.76. The average Bonchev–Trinajstić information content (AvgIpc) is 2.42. The van der Waals surface area contributed by atoms with Crippen LogP contribution in [0.1, 0.15) is 38.2 Å². The molecule has 0 saturated carbocycles. The number of likely N-dealkylation sites (tertiary alicyclic amines) is 1. The molecular formula is C17H28N2. The molecule has 1 aromatic carbocycles. The number of hydrogen-bond acceptors (Lipinski definition) is 2. The highest BCUT2D eigenvalue weighted by Crippen LogP contribution is 2.20. The molecule has 0 aliphatic carbocycles. The van der Waals surface area contributed by atoms with Crippen molar-refractivity contribution in [3.8, 4) is 0 Å². The second kappa shape index (κ2) is 7.66. The normalized spacial score (nSPS) is 20.9. The van der Waals surface area contributed by atoms with Gasteiger partial charge in [0.15, 0.2) is 0 Å². The van der Waals surface area contributed by atoms with Crippen molar-refractivity contribution in [2.75, 3.05) is 26.7 Å². The standard InChI is InChI=1S/C17H28N2/c1-3-12-18(2)15-17-11-7-8-13-19(17)14-16-9-5-4-6-10-16/h4-6,9-10,17H,3,7-8,11-15H2,1-2H3. The summed E-state index contributed by atoms with van der Waals surface area (Å²) in [5.74, 6) is 0. The molecule has 2 nitrogen and oxygen atoms in total. The van der Waals surface area contributed by atoms with Crippen LogP contribution in [0.15, 0.2) is 30.3 Å². The zero-order valence-electron chi connectivity index (χ0n) is 12.5. The number of hydrogen-bond donors (Lipinski definition) is 0. The van der Waals surface area contributed by atoms with Gasteiger partial charge in [0.05, 0.1) is 0 Å². The van der Waals surface area contributed by atoms with Gasteiger partial charge in [-0.05, 0) is 45.0 Å². The monoisotopic (exact) mass is 260 g/mol. The van der Waals surface area contributed by atoms with E-state index in [1.807, 2.05) is 0 Å². The summed E-state index contributed by atoms with van der Waals surface area (Å²) in [6.45, 7) is 7.08. The van der Waals surface area contributed by atoms with Gasteiger partial charge in [-0.3, -0.25) is 4.90 Å². The molecule has 106 valence electrons. The number of likely N-dealkylation sites (N-methyl/N-ethyl adjacent to an activating group) is 1. The van der Waals surface area contributed by atoms with Gasteiger partial charge in [0.25, 0.3) is 0 Å². The Morgan fingerprint density at radius 1 is 1.21 bits per heavy atom. The van der Waals surface area contributed by atoms with Crippen molar-refractivity contribution in [1.82, 2.24) is 9.80 Å². The maximum Gasteiger partial charge on any atom is 0.0237 e. The van der Waals surface area contributed by atoms with Crippen LogP contribution in [0.4, 0.5) is 0 Å². The Labute approximate surface area is 118 Å². The molecule has 0 spiro atoms. The fourth-order valence-corrected chi connectivity index (χ4v) is 3.13. The number of benzene rings is 1. The van der Waals surface area contributed by atoms with E-state index >= 15 is 0 Å². The first-order chi connectivity index (χ1) is 9.29. The molecule has 0 radical (unpaired) electrons. The predicted octanol–water partition coefficient (Wildman–Crippen LogP) is 3.38. The molecule has 0 aromatic heterocycles. The Hall–Kier alpha value is -0.860. The van der Waals surface area contributed by atoms with E-state index in [9.17, 15) is 0 Å². The van der Waals surface area contributed by atoms with Crippen LogP contribution in [-0.4, -0.2) is 42.5 Å². The van der Waals surface area contributed by atoms with Gasteiger partial charge in [-0.25, -0.2) is 0 Å². The van der Waals surface area contributed by atoms with Gasteiger partial charge < -0.3 is 4.90 Å². The SMILES string of the molecule is CCCN(C)CC1CCCCN1Cc1ccccc1. The first-order valence-electron chi connectivity index (χ1n) is 7.76. The largest absolute Gasteiger partial charge is 0.305 e. The lowest BCUT2D eigenvalue weighted by atomic mass is 10.0. The molecule has 1 aromatic rings. The van der Waals surface area contributed by atoms with Crippen LogP contribution in [-0.2, 0) is 6.54 Å². The minimum atomic E-state index is 0.741. The molecule has 1 unspecified atom stereocenters. The van der Waals surface area contributed by atoms with Crippen molar-refractivity contribution >= 4 is 0 Å². The molecule has 1 aliphatic rings. The summed E-state index contributed by atoms with van der Waals surface area (Å²) in [5, 5.41) is 0. The van der Waals surface area contributed by atoms with E-state index in [4.69, 9.17) is 0 Å². The average molecular weight is 260 g/mol. The minimum absolute atomic E-state index is 0.741. The molecule has 1 saturated heterocycles. The summed E-state index contributed by atoms with van der Waals surface area (Å²) in [5.41, 5.74) is 1.45. The van der Waals surface area contributed by atoms with Crippen molar-refractivity contribution < 1.29 is 0 Å². The van der Waals surface area contributed by atoms with E-state index in [0.717, 1.165) is 12.6 Å². The zero-order valence-corrected chi connectivity index (χ0v) is 12.5. The number of rotatable bonds is 6. The van der Waals surface area contributed by atoms with Crippen molar-refractivity contribution in [3.05, 3.63) is 35.9 Å². The van der Waals surface area contributed by atoms with E-state index in [1.165, 1.54) is 50.9 Å². The van der Waals surface area contributed by atoms with Gasteiger partial charge >= 0.3 is 0 Å². The van der Waals surface area contributed by atoms with Crippen LogP contribution in [0.2, 0.25) is 0 Å². The number of piperidine rings is 1. The van der Waals surface area contributed by atoms with Gasteiger partial charge in [0, 0.05) is 19.1 Å². The van der Waals surface area contributed by atoms with Crippen LogP contribution >= 0.6 is 0 Å². The minimum Gasteiger partial charge on any atom is -0.305 e. The molecule has 1 aliphatic heterocycles. The maximum absolute atomic E-state index is 2.69. The van der Waals surface area contributed by atoms with E-state index in [1.54, 1.807) is 0 Å². The van der Waals surface area contributed by atoms with Gasteiger partial charge in [-0.2, -0.15) is 0 Å². The third-order valence-electron chi connectivity index (χ3n) is 4.11. The third kappa shape index (κ3) is 4.63. The van der Waals surface area contributed by atoms with Gasteiger partial charge in [-0.1, -0.05) is 43.7 Å². The van der Waals surface area contributed by atoms with Crippen molar-refractivity contribution in [2.24, 2.45) is 0 Å². The van der Waals surface area contributed by atoms with Gasteiger partial charge in [-0.15, -0.1) is 0 Å². The molecule has 0 amide bonds. The summed E-state index contributed by atoms with van der Waals surface area (Å²) in [4.78, 5) is 5.18. The molecule has 1 fully saturated rings. The van der Waals surface area contributed by atoms with E-state index in [2.05, 4.69) is 54.1 Å². The lowest BCUT2D eigenvalue weighted by molar-refractivity contribution is 0.107. The molecule has 19 heavy (non-hydrogen) atoms. The Morgan fingerprint density at radius 3 is 2.74 bits per heavy atom. The molecule has 2 rings (SSSR count). The molecule has 2 heteroatoms. The van der Waals surface area contributed by atoms with Crippen LogP contribution in [0.3, 0.4) is 0 Å². The van der Waals surface area contributed by atoms with Gasteiger partial charge in [0.2, 0.25) is 0 Å². The highest BCUT2D eigenvalue weighted by atomic mass is 15.2. The highest BCUT2D eigenvalue weighted by molar-refractivity contribution is 5.14. The summed E-state index contributed by atoms with van der Waals surface area (Å²) < 4.78 is 0. The lowest BCUT2D eigenvalue weighted by Crippen LogP contribution is -2.45. The fraction of sp³-hybridized carbons (Fsp3) is 0.647. The van der Waals surface area contributed by atoms with E-state index in [-0.39, 0.29) is 0 Å². The van der Waals surface area contributed by atoms with Crippen molar-refractivity contribution in [2.45, 2.75) is 45.2 Å². The first kappa shape index (κ1) is 14.5. The molecular weight excluding hydrogens is 232 g/mol. The van der Waals surface area contributed by atoms with Crippen molar-refractivity contribution in [3.63, 3.8) is 0 Å². The fourth-order valence-electron chi connectivity index (χ4n) is 3.13. The Bertz CT molecular complexity index is 350. The third-order valence-corrected chi connectivity index (χ3v) is 4.11. The van der Waals surface area contributed by atoms with Crippen molar-refractivity contribution in [1.29, 1.82) is 0 Å². The van der Waals surface area contributed by atoms with Crippen LogP contribution in [0, 0.1) is 0 Å². The molecule has 1 atom stereocenters. The van der Waals surface area contributed by atoms with Crippen LogP contribution < -0.4 is 0 Å². The van der Waals surface area contributed by atoms with Crippen LogP contribution in [0.25, 0.3) is 0 Å². The summed E-state index contributed by atoms with van der Waals surface area (Å²) in [7, 11) is 2.26. The number of nitrogens with zero attached hydrogens (tertiary/aromatic N) is 2. The summed E-state index contributed by atoms with van der Waals surface area (Å²) in [6.07, 6.45) is 5.37. The Balaban J connectivity index is 1.92. The smallest absolute Gasteiger partial charge is 0.0237 e. The van der Waals surface area contributed by atoms with E-state index < -0.39 is 0 Å². The second-order valence-electron chi connectivity index (χ2n) is 5.87. The van der Waals surface area contributed by atoms with Crippen LogP contribution in [0.5, 0.6) is 0 Å². The summed E-state index contributed by atoms with van der Waals surface area (Å²) >= 11 is 0. The van der Waals surface area contributed by atoms with Gasteiger partial charge in [0.1, 0.15) is 0 Å². The topological polar surface area (TPSA) is 6.48 Å². The second-order valence-corrected chi connectivity index (χ2v) is 5.87. The lowest BCUT2D eigenvalue weighted by Gasteiger charge is -2.38. The maximum atomic E-state index is 2.69. The zero-order chi connectivity index (χ0) is 13.5. The molecule has 0 N–H and O–H groups in total. The molecule has 0 bridgehead atoms. The molecule has 1 heterocycles.